The van der Waals surface area contributed by atoms with Gasteiger partial charge in [-0.25, -0.2) is 15.1 Å². The van der Waals surface area contributed by atoms with Gasteiger partial charge in [0, 0.05) is 18.8 Å². The number of hydrogen-bond acceptors (Lipinski definition) is 4. The molecule has 5 heteroatoms. The van der Waals surface area contributed by atoms with Crippen LogP contribution in [-0.2, 0) is 0 Å². The Balaban J connectivity index is 2.93. The first-order valence-electron chi connectivity index (χ1n) is 4.73. The van der Waals surface area contributed by atoms with E-state index in [1.807, 2.05) is 6.07 Å². The summed E-state index contributed by atoms with van der Waals surface area (Å²) in [6.45, 7) is 12.8. The van der Waals surface area contributed by atoms with Gasteiger partial charge in [-0.3, -0.25) is 0 Å². The van der Waals surface area contributed by atoms with Gasteiger partial charge in [-0.1, -0.05) is 11.8 Å². The molecule has 0 spiro atoms. The minimum Gasteiger partial charge on any atom is -0.352 e. The average molecular weight is 220 g/mol. The lowest BCUT2D eigenvalue weighted by Gasteiger charge is -2.18. The summed E-state index contributed by atoms with van der Waals surface area (Å²) in [5.41, 5.74) is 0.726. The Labute approximate surface area is 94.1 Å². The molecule has 1 aliphatic heterocycles. The molecule has 4 nitrogen and oxygen atoms in total. The molecule has 0 aromatic rings. The van der Waals surface area contributed by atoms with Gasteiger partial charge in [-0.2, -0.15) is 0 Å². The van der Waals surface area contributed by atoms with Crippen LogP contribution in [0, 0.1) is 17.9 Å². The molecule has 0 atom stereocenters. The van der Waals surface area contributed by atoms with Crippen LogP contribution in [0.15, 0.2) is 16.4 Å². The molecule has 0 fully saturated rings. The monoisotopic (exact) mass is 220 g/mol. The molecule has 0 bridgehead atoms. The van der Waals surface area contributed by atoms with E-state index in [9.17, 15) is 0 Å². The van der Waals surface area contributed by atoms with Crippen LogP contribution in [0.1, 0.15) is 13.8 Å². The predicted octanol–water partition coefficient (Wildman–Crippen LogP) is 2.09. The quantitative estimate of drug-likeness (QED) is 0.528. The van der Waals surface area contributed by atoms with Crippen LogP contribution in [-0.4, -0.2) is 28.9 Å². The zero-order valence-corrected chi connectivity index (χ0v) is 9.63. The van der Waals surface area contributed by atoms with Gasteiger partial charge < -0.3 is 4.90 Å². The normalized spacial score (nSPS) is 17.7. The summed E-state index contributed by atoms with van der Waals surface area (Å²) in [4.78, 5) is 9.61. The van der Waals surface area contributed by atoms with Crippen molar-refractivity contribution in [3.05, 3.63) is 22.8 Å². The van der Waals surface area contributed by atoms with Crippen LogP contribution in [0.3, 0.4) is 0 Å². The molecule has 0 saturated carbocycles. The third-order valence-corrected chi connectivity index (χ3v) is 3.12. The van der Waals surface area contributed by atoms with E-state index < -0.39 is 0 Å². The third-order valence-electron chi connectivity index (χ3n) is 2.09. The third kappa shape index (κ3) is 2.51. The zero-order chi connectivity index (χ0) is 11.3. The Morgan fingerprint density at radius 2 is 2.33 bits per heavy atom. The second kappa shape index (κ2) is 5.43. The fourth-order valence-electron chi connectivity index (χ4n) is 1.24. The van der Waals surface area contributed by atoms with Gasteiger partial charge in [0.1, 0.15) is 0 Å². The first-order valence-corrected chi connectivity index (χ1v) is 5.72. The predicted molar refractivity (Wildman–Crippen MR) is 62.1 cm³/mol. The van der Waals surface area contributed by atoms with Crippen LogP contribution in [0.5, 0.6) is 0 Å². The smallest absolute Gasteiger partial charge is 0.283 e. The first kappa shape index (κ1) is 11.6. The lowest BCUT2D eigenvalue weighted by molar-refractivity contribution is 0.475. The summed E-state index contributed by atoms with van der Waals surface area (Å²) in [5, 5.41) is 9.63. The lowest BCUT2D eigenvalue weighted by atomic mass is 10.4. The highest BCUT2D eigenvalue weighted by Crippen LogP contribution is 2.25. The van der Waals surface area contributed by atoms with E-state index in [0.717, 1.165) is 18.3 Å². The number of nitrogens with zero attached hydrogens (tertiary/aromatic N) is 4. The SMILES string of the molecule is [C-]#[N+]/C(C#N)=C1\CSC(N(CC)CC)=N1. The van der Waals surface area contributed by atoms with Crippen molar-refractivity contribution in [1.82, 2.24) is 4.90 Å². The van der Waals surface area contributed by atoms with Gasteiger partial charge >= 0.3 is 0 Å². The van der Waals surface area contributed by atoms with E-state index in [0.29, 0.717) is 11.4 Å². The van der Waals surface area contributed by atoms with Crippen LogP contribution >= 0.6 is 11.8 Å². The molecule has 78 valence electrons. The Bertz CT molecular complexity index is 363. The van der Waals surface area contributed by atoms with Crippen molar-refractivity contribution in [1.29, 1.82) is 5.26 Å². The summed E-state index contributed by atoms with van der Waals surface area (Å²) in [5.74, 6) is 0.636. The fourth-order valence-corrected chi connectivity index (χ4v) is 2.33. The molecule has 0 aliphatic carbocycles. The number of rotatable bonds is 2. The van der Waals surface area contributed by atoms with Gasteiger partial charge in [0.05, 0.1) is 18.3 Å². The summed E-state index contributed by atoms with van der Waals surface area (Å²) >= 11 is 1.59. The average Bonchev–Trinajstić information content (AvgIpc) is 2.71. The molecule has 0 saturated heterocycles. The number of allylic oxidation sites excluding steroid dienone is 1. The van der Waals surface area contributed by atoms with Crippen LogP contribution < -0.4 is 0 Å². The van der Waals surface area contributed by atoms with Crippen molar-refractivity contribution in [3.63, 3.8) is 0 Å². The Morgan fingerprint density at radius 1 is 1.67 bits per heavy atom. The van der Waals surface area contributed by atoms with Crippen LogP contribution in [0.4, 0.5) is 0 Å². The number of nitriles is 1. The molecule has 1 rings (SSSR count). The van der Waals surface area contributed by atoms with Gasteiger partial charge in [0.25, 0.3) is 5.70 Å². The van der Waals surface area contributed by atoms with Gasteiger partial charge in [-0.15, -0.1) is 0 Å². The minimum atomic E-state index is 0.115. The van der Waals surface area contributed by atoms with E-state index >= 15 is 0 Å². The Morgan fingerprint density at radius 3 is 2.80 bits per heavy atom. The van der Waals surface area contributed by atoms with E-state index in [1.54, 1.807) is 11.8 Å². The van der Waals surface area contributed by atoms with Crippen molar-refractivity contribution in [2.75, 3.05) is 18.8 Å². The maximum Gasteiger partial charge on any atom is 0.283 e. The van der Waals surface area contributed by atoms with E-state index in [4.69, 9.17) is 11.8 Å². The fraction of sp³-hybridized carbons (Fsp3) is 0.500. The van der Waals surface area contributed by atoms with E-state index in [1.165, 1.54) is 0 Å². The molecule has 0 N–H and O–H groups in total. The second-order valence-corrected chi connectivity index (χ2v) is 3.82. The molecule has 0 aromatic heterocycles. The van der Waals surface area contributed by atoms with Gasteiger partial charge in [0.15, 0.2) is 5.17 Å². The zero-order valence-electron chi connectivity index (χ0n) is 8.82. The van der Waals surface area contributed by atoms with E-state index in [2.05, 4.69) is 28.6 Å². The van der Waals surface area contributed by atoms with Crippen molar-refractivity contribution < 1.29 is 0 Å². The molecular weight excluding hydrogens is 208 g/mol. The number of amidine groups is 1. The number of hydrogen-bond donors (Lipinski definition) is 0. The lowest BCUT2D eigenvalue weighted by Crippen LogP contribution is -2.26. The highest BCUT2D eigenvalue weighted by atomic mass is 32.2. The standard InChI is InChI=1S/C10H12N4S/c1-4-14(5-2)10-13-9(7-15-10)8(6-11)12-3/h4-5,7H2,1-2H3/b9-8+. The van der Waals surface area contributed by atoms with Gasteiger partial charge in [0.2, 0.25) is 0 Å². The molecule has 0 unspecified atom stereocenters. The molecule has 0 radical (unpaired) electrons. The minimum absolute atomic E-state index is 0.115. The number of aliphatic imine (C=N–C) groups is 1. The van der Waals surface area contributed by atoms with Crippen molar-refractivity contribution in [2.45, 2.75) is 13.8 Å². The summed E-state index contributed by atoms with van der Waals surface area (Å²) in [6.07, 6.45) is 0. The maximum absolute atomic E-state index is 8.71. The number of thioether (sulfide) groups is 1. The summed E-state index contributed by atoms with van der Waals surface area (Å²) < 4.78 is 0. The summed E-state index contributed by atoms with van der Waals surface area (Å²) in [7, 11) is 0. The summed E-state index contributed by atoms with van der Waals surface area (Å²) in [6, 6.07) is 1.88. The molecular formula is C10H12N4S. The molecule has 0 aromatic carbocycles. The molecule has 0 amide bonds. The first-order chi connectivity index (χ1) is 7.26. The highest BCUT2D eigenvalue weighted by molar-refractivity contribution is 8.14. The van der Waals surface area contributed by atoms with Crippen molar-refractivity contribution in [3.8, 4) is 6.07 Å². The largest absolute Gasteiger partial charge is 0.352 e. The Kier molecular flexibility index (Phi) is 4.20. The van der Waals surface area contributed by atoms with Gasteiger partial charge in [-0.05, 0) is 13.8 Å². The van der Waals surface area contributed by atoms with Crippen molar-refractivity contribution in [2.24, 2.45) is 4.99 Å². The molecule has 15 heavy (non-hydrogen) atoms. The molecule has 1 heterocycles. The highest BCUT2D eigenvalue weighted by Gasteiger charge is 2.19. The Hall–Kier alpha value is -1.46. The maximum atomic E-state index is 8.71. The second-order valence-electron chi connectivity index (χ2n) is 2.87. The molecule has 1 aliphatic rings. The van der Waals surface area contributed by atoms with Crippen LogP contribution in [0.2, 0.25) is 0 Å². The topological polar surface area (TPSA) is 43.8 Å². The van der Waals surface area contributed by atoms with E-state index in [-0.39, 0.29) is 5.70 Å². The van der Waals surface area contributed by atoms with Crippen LogP contribution in [0.25, 0.3) is 4.85 Å². The van der Waals surface area contributed by atoms with Crippen molar-refractivity contribution >= 4 is 16.9 Å².